The second-order valence-electron chi connectivity index (χ2n) is 4.77. The Morgan fingerprint density at radius 2 is 1.84 bits per heavy atom. The second kappa shape index (κ2) is 5.26. The fourth-order valence-electron chi connectivity index (χ4n) is 2.17. The van der Waals surface area contributed by atoms with E-state index in [2.05, 4.69) is 41.6 Å². The molecule has 0 radical (unpaired) electrons. The molecular weight excluding hydrogens is 238 g/mol. The largest absolute Gasteiger partial charge is 0.355 e. The molecule has 4 nitrogen and oxygen atoms in total. The minimum Gasteiger partial charge on any atom is -0.355 e. The van der Waals surface area contributed by atoms with Crippen molar-refractivity contribution in [2.45, 2.75) is 27.3 Å². The first kappa shape index (κ1) is 13.3. The first-order valence-electron chi connectivity index (χ1n) is 6.34. The number of carbonyl (C=O) groups excluding carboxylic acids is 1. The minimum atomic E-state index is -0.0786. The molecule has 0 fully saturated rings. The predicted octanol–water partition coefficient (Wildman–Crippen LogP) is 2.22. The lowest BCUT2D eigenvalue weighted by molar-refractivity contribution is 0.0962. The highest BCUT2D eigenvalue weighted by molar-refractivity contribution is 5.96. The zero-order chi connectivity index (χ0) is 14.0. The number of hydrogen-bond acceptors (Lipinski definition) is 2. The van der Waals surface area contributed by atoms with Crippen LogP contribution in [-0.2, 0) is 6.54 Å². The maximum absolute atomic E-state index is 11.8. The topological polar surface area (TPSA) is 46.9 Å². The van der Waals surface area contributed by atoms with Crippen LogP contribution in [0.1, 0.15) is 32.9 Å². The Labute approximate surface area is 113 Å². The fraction of sp³-hybridized carbons (Fsp3) is 0.333. The molecule has 1 aromatic carbocycles. The average Bonchev–Trinajstić information content (AvgIpc) is 2.66. The van der Waals surface area contributed by atoms with Crippen LogP contribution in [0.2, 0.25) is 0 Å². The molecule has 2 rings (SSSR count). The van der Waals surface area contributed by atoms with Gasteiger partial charge < -0.3 is 5.32 Å². The molecule has 1 aromatic heterocycles. The summed E-state index contributed by atoms with van der Waals surface area (Å²) in [6.45, 7) is 6.54. The number of nitrogens with zero attached hydrogens (tertiary/aromatic N) is 2. The maximum atomic E-state index is 11.8. The molecule has 0 saturated carbocycles. The lowest BCUT2D eigenvalue weighted by Crippen LogP contribution is -2.19. The van der Waals surface area contributed by atoms with E-state index in [1.807, 2.05) is 18.5 Å². The Hall–Kier alpha value is -2.10. The third-order valence-corrected chi connectivity index (χ3v) is 3.29. The van der Waals surface area contributed by atoms with E-state index in [0.717, 1.165) is 11.4 Å². The van der Waals surface area contributed by atoms with Crippen molar-refractivity contribution in [3.05, 3.63) is 52.3 Å². The van der Waals surface area contributed by atoms with E-state index in [-0.39, 0.29) is 5.91 Å². The van der Waals surface area contributed by atoms with Gasteiger partial charge in [0.25, 0.3) is 5.91 Å². The Morgan fingerprint density at radius 1 is 1.21 bits per heavy atom. The van der Waals surface area contributed by atoms with E-state index in [4.69, 9.17) is 0 Å². The van der Waals surface area contributed by atoms with Crippen LogP contribution in [0.3, 0.4) is 0 Å². The Balaban J connectivity index is 2.31. The normalized spacial score (nSPS) is 10.5. The molecule has 0 aliphatic carbocycles. The van der Waals surface area contributed by atoms with Crippen molar-refractivity contribution >= 4 is 5.91 Å². The number of hydrogen-bond donors (Lipinski definition) is 1. The number of aromatic nitrogens is 2. The molecule has 0 spiro atoms. The van der Waals surface area contributed by atoms with Crippen molar-refractivity contribution in [2.24, 2.45) is 0 Å². The Morgan fingerprint density at radius 3 is 2.42 bits per heavy atom. The Bertz CT molecular complexity index is 597. The molecule has 100 valence electrons. The number of rotatable bonds is 3. The molecule has 0 unspecified atom stereocenters. The van der Waals surface area contributed by atoms with Crippen LogP contribution >= 0.6 is 0 Å². The molecule has 19 heavy (non-hydrogen) atoms. The molecule has 0 bridgehead atoms. The summed E-state index contributed by atoms with van der Waals surface area (Å²) in [5.74, 6) is -0.0786. The van der Waals surface area contributed by atoms with Gasteiger partial charge in [0.1, 0.15) is 0 Å². The van der Waals surface area contributed by atoms with Gasteiger partial charge in [-0.1, -0.05) is 29.8 Å². The van der Waals surface area contributed by atoms with Crippen LogP contribution in [0.5, 0.6) is 0 Å². The van der Waals surface area contributed by atoms with Gasteiger partial charge >= 0.3 is 0 Å². The van der Waals surface area contributed by atoms with E-state index >= 15 is 0 Å². The lowest BCUT2D eigenvalue weighted by atomic mass is 10.1. The van der Waals surface area contributed by atoms with Gasteiger partial charge in [-0.15, -0.1) is 0 Å². The summed E-state index contributed by atoms with van der Waals surface area (Å²) >= 11 is 0. The first-order valence-corrected chi connectivity index (χ1v) is 6.34. The molecule has 1 amide bonds. The monoisotopic (exact) mass is 257 g/mol. The van der Waals surface area contributed by atoms with Gasteiger partial charge in [-0.25, -0.2) is 0 Å². The third-order valence-electron chi connectivity index (χ3n) is 3.29. The van der Waals surface area contributed by atoms with Gasteiger partial charge in [0.2, 0.25) is 0 Å². The van der Waals surface area contributed by atoms with Crippen molar-refractivity contribution in [1.82, 2.24) is 15.1 Å². The summed E-state index contributed by atoms with van der Waals surface area (Å²) in [5.41, 5.74) is 4.76. The van der Waals surface area contributed by atoms with E-state index in [0.29, 0.717) is 12.1 Å². The van der Waals surface area contributed by atoms with Crippen LogP contribution in [0.25, 0.3) is 0 Å². The van der Waals surface area contributed by atoms with Crippen LogP contribution < -0.4 is 5.32 Å². The quantitative estimate of drug-likeness (QED) is 0.916. The van der Waals surface area contributed by atoms with Crippen LogP contribution in [0.15, 0.2) is 24.3 Å². The lowest BCUT2D eigenvalue weighted by Gasteiger charge is -2.06. The molecule has 1 N–H and O–H groups in total. The summed E-state index contributed by atoms with van der Waals surface area (Å²) in [4.78, 5) is 11.8. The molecule has 0 aliphatic heterocycles. The molecule has 2 aromatic rings. The van der Waals surface area contributed by atoms with E-state index < -0.39 is 0 Å². The maximum Gasteiger partial charge on any atom is 0.254 e. The third kappa shape index (κ3) is 2.67. The van der Waals surface area contributed by atoms with Crippen LogP contribution in [0, 0.1) is 20.8 Å². The molecule has 4 heteroatoms. The smallest absolute Gasteiger partial charge is 0.254 e. The highest BCUT2D eigenvalue weighted by atomic mass is 16.1. The van der Waals surface area contributed by atoms with Gasteiger partial charge in [-0.2, -0.15) is 5.10 Å². The van der Waals surface area contributed by atoms with Crippen molar-refractivity contribution in [3.8, 4) is 0 Å². The molecular formula is C15H19N3O. The van der Waals surface area contributed by atoms with E-state index in [1.165, 1.54) is 11.1 Å². The van der Waals surface area contributed by atoms with Crippen molar-refractivity contribution < 1.29 is 4.79 Å². The number of aryl methyl sites for hydroxylation is 2. The zero-order valence-electron chi connectivity index (χ0n) is 11.8. The highest BCUT2D eigenvalue weighted by Gasteiger charge is 2.17. The first-order chi connectivity index (χ1) is 9.02. The van der Waals surface area contributed by atoms with Crippen LogP contribution in [0.4, 0.5) is 0 Å². The fourth-order valence-corrected chi connectivity index (χ4v) is 2.17. The summed E-state index contributed by atoms with van der Waals surface area (Å²) in [7, 11) is 1.64. The van der Waals surface area contributed by atoms with E-state index in [9.17, 15) is 4.79 Å². The van der Waals surface area contributed by atoms with Crippen molar-refractivity contribution in [2.75, 3.05) is 7.05 Å². The summed E-state index contributed by atoms with van der Waals surface area (Å²) in [6, 6.07) is 8.35. The number of benzene rings is 1. The standard InChI is InChI=1S/C15H19N3O/c1-10-5-7-13(8-6-10)9-18-12(3)14(11(2)17-18)15(19)16-4/h5-8H,9H2,1-4H3,(H,16,19). The van der Waals surface area contributed by atoms with Gasteiger partial charge in [0.15, 0.2) is 0 Å². The second-order valence-corrected chi connectivity index (χ2v) is 4.77. The van der Waals surface area contributed by atoms with Crippen LogP contribution in [-0.4, -0.2) is 22.7 Å². The van der Waals surface area contributed by atoms with Gasteiger partial charge in [-0.05, 0) is 26.3 Å². The van der Waals surface area contributed by atoms with Crippen molar-refractivity contribution in [1.29, 1.82) is 0 Å². The van der Waals surface area contributed by atoms with E-state index in [1.54, 1.807) is 7.05 Å². The zero-order valence-corrected chi connectivity index (χ0v) is 11.8. The molecule has 1 heterocycles. The summed E-state index contributed by atoms with van der Waals surface area (Å²) in [5, 5.41) is 7.11. The minimum absolute atomic E-state index is 0.0786. The van der Waals surface area contributed by atoms with Gasteiger partial charge in [-0.3, -0.25) is 9.48 Å². The highest BCUT2D eigenvalue weighted by Crippen LogP contribution is 2.15. The molecule has 0 saturated heterocycles. The summed E-state index contributed by atoms with van der Waals surface area (Å²) in [6.07, 6.45) is 0. The van der Waals surface area contributed by atoms with Crippen molar-refractivity contribution in [3.63, 3.8) is 0 Å². The predicted molar refractivity (Wildman–Crippen MR) is 75.4 cm³/mol. The van der Waals surface area contributed by atoms with Gasteiger partial charge in [0.05, 0.1) is 17.8 Å². The number of nitrogens with one attached hydrogen (secondary N) is 1. The molecule has 0 atom stereocenters. The number of amides is 1. The number of carbonyl (C=O) groups is 1. The molecule has 0 aliphatic rings. The average molecular weight is 257 g/mol. The SMILES string of the molecule is CNC(=O)c1c(C)nn(Cc2ccc(C)cc2)c1C. The summed E-state index contributed by atoms with van der Waals surface area (Å²) < 4.78 is 1.88. The van der Waals surface area contributed by atoms with Gasteiger partial charge in [0, 0.05) is 12.7 Å². The Kier molecular flexibility index (Phi) is 3.69.